The minimum Gasteiger partial charge on any atom is -0.467 e. The molecule has 0 radical (unpaired) electrons. The van der Waals surface area contributed by atoms with Gasteiger partial charge in [-0.05, 0) is 42.0 Å². The van der Waals surface area contributed by atoms with E-state index in [1.165, 1.54) is 12.1 Å². The van der Waals surface area contributed by atoms with Crippen LogP contribution in [0.3, 0.4) is 0 Å². The molecule has 0 aliphatic rings. The quantitative estimate of drug-likeness (QED) is 0.705. The van der Waals surface area contributed by atoms with E-state index < -0.39 is 0 Å². The van der Waals surface area contributed by atoms with Gasteiger partial charge in [-0.3, -0.25) is 4.79 Å². The largest absolute Gasteiger partial charge is 0.467 e. The maximum absolute atomic E-state index is 13.4. The van der Waals surface area contributed by atoms with Crippen LogP contribution in [-0.4, -0.2) is 10.8 Å². The van der Waals surface area contributed by atoms with Crippen LogP contribution in [0.2, 0.25) is 0 Å². The lowest BCUT2D eigenvalue weighted by molar-refractivity contribution is 0.0717. The molecule has 1 aromatic heterocycles. The van der Waals surface area contributed by atoms with Crippen molar-refractivity contribution in [3.63, 3.8) is 0 Å². The molecule has 23 heavy (non-hydrogen) atoms. The molecular weight excluding hydrogens is 293 g/mol. The second-order valence-electron chi connectivity index (χ2n) is 5.24. The number of halogens is 1. The highest BCUT2D eigenvalue weighted by Gasteiger charge is 2.17. The first-order valence-electron chi connectivity index (χ1n) is 7.33. The average molecular weight is 309 g/mol. The van der Waals surface area contributed by atoms with Crippen molar-refractivity contribution in [2.45, 2.75) is 13.1 Å². The Morgan fingerprint density at radius 3 is 2.48 bits per heavy atom. The van der Waals surface area contributed by atoms with E-state index in [-0.39, 0.29) is 11.7 Å². The van der Waals surface area contributed by atoms with Gasteiger partial charge < -0.3 is 9.32 Å². The van der Waals surface area contributed by atoms with Crippen LogP contribution >= 0.6 is 0 Å². The number of rotatable bonds is 5. The van der Waals surface area contributed by atoms with Crippen LogP contribution in [0.5, 0.6) is 0 Å². The molecule has 0 aliphatic heterocycles. The number of carbonyl (C=O) groups excluding carboxylic acids is 1. The molecular formula is C19H16FNO2. The molecule has 0 spiro atoms. The molecule has 0 fully saturated rings. The number of benzene rings is 2. The van der Waals surface area contributed by atoms with Crippen molar-refractivity contribution in [2.75, 3.05) is 0 Å². The normalized spacial score (nSPS) is 10.5. The molecule has 0 unspecified atom stereocenters. The third kappa shape index (κ3) is 3.86. The Hall–Kier alpha value is -2.88. The van der Waals surface area contributed by atoms with E-state index in [1.807, 2.05) is 24.3 Å². The van der Waals surface area contributed by atoms with Crippen molar-refractivity contribution in [2.24, 2.45) is 0 Å². The first-order valence-corrected chi connectivity index (χ1v) is 7.33. The van der Waals surface area contributed by atoms with Gasteiger partial charge in [0.1, 0.15) is 11.6 Å². The minimum absolute atomic E-state index is 0.119. The molecule has 1 heterocycles. The van der Waals surface area contributed by atoms with Crippen LogP contribution < -0.4 is 0 Å². The van der Waals surface area contributed by atoms with Gasteiger partial charge in [-0.2, -0.15) is 0 Å². The first kappa shape index (κ1) is 15.0. The van der Waals surface area contributed by atoms with Gasteiger partial charge in [-0.15, -0.1) is 0 Å². The van der Waals surface area contributed by atoms with Crippen LogP contribution in [-0.2, 0) is 13.1 Å². The Bertz CT molecular complexity index is 769. The number of carbonyl (C=O) groups is 1. The smallest absolute Gasteiger partial charge is 0.254 e. The topological polar surface area (TPSA) is 33.5 Å². The summed E-state index contributed by atoms with van der Waals surface area (Å²) in [5.41, 5.74) is 1.33. The summed E-state index contributed by atoms with van der Waals surface area (Å²) in [5, 5.41) is 0. The van der Waals surface area contributed by atoms with Gasteiger partial charge in [0.05, 0.1) is 12.8 Å². The molecule has 3 nitrogen and oxygen atoms in total. The van der Waals surface area contributed by atoms with Crippen molar-refractivity contribution in [3.05, 3.63) is 95.7 Å². The van der Waals surface area contributed by atoms with Gasteiger partial charge in [0.25, 0.3) is 5.91 Å². The van der Waals surface area contributed by atoms with Gasteiger partial charge in [-0.25, -0.2) is 4.39 Å². The Morgan fingerprint density at radius 1 is 0.957 bits per heavy atom. The van der Waals surface area contributed by atoms with Crippen LogP contribution in [0.25, 0.3) is 0 Å². The Balaban J connectivity index is 1.85. The Morgan fingerprint density at radius 2 is 1.78 bits per heavy atom. The molecule has 3 rings (SSSR count). The third-order valence-corrected chi connectivity index (χ3v) is 3.50. The fourth-order valence-electron chi connectivity index (χ4n) is 2.41. The monoisotopic (exact) mass is 309 g/mol. The molecule has 0 saturated carbocycles. The molecule has 0 bridgehead atoms. The minimum atomic E-state index is -0.312. The average Bonchev–Trinajstić information content (AvgIpc) is 3.07. The van der Waals surface area contributed by atoms with Gasteiger partial charge in [-0.1, -0.05) is 30.3 Å². The highest BCUT2D eigenvalue weighted by atomic mass is 19.1. The zero-order chi connectivity index (χ0) is 16.1. The van der Waals surface area contributed by atoms with Crippen molar-refractivity contribution >= 4 is 5.91 Å². The molecule has 0 saturated heterocycles. The highest BCUT2D eigenvalue weighted by Crippen LogP contribution is 2.15. The zero-order valence-corrected chi connectivity index (χ0v) is 12.5. The second kappa shape index (κ2) is 6.92. The van der Waals surface area contributed by atoms with Crippen LogP contribution in [0.15, 0.2) is 77.4 Å². The molecule has 1 amide bonds. The lowest BCUT2D eigenvalue weighted by Crippen LogP contribution is -2.30. The fourth-order valence-corrected chi connectivity index (χ4v) is 2.41. The predicted molar refractivity (Wildman–Crippen MR) is 85.1 cm³/mol. The summed E-state index contributed by atoms with van der Waals surface area (Å²) in [6.07, 6.45) is 1.57. The first-order chi connectivity index (χ1) is 11.2. The molecule has 0 N–H and O–H groups in total. The molecule has 0 atom stereocenters. The summed E-state index contributed by atoms with van der Waals surface area (Å²) in [6, 6.07) is 18.9. The third-order valence-electron chi connectivity index (χ3n) is 3.50. The van der Waals surface area contributed by atoms with E-state index in [0.29, 0.717) is 24.4 Å². The van der Waals surface area contributed by atoms with E-state index in [9.17, 15) is 9.18 Å². The molecule has 3 aromatic rings. The molecule has 4 heteroatoms. The summed E-state index contributed by atoms with van der Waals surface area (Å²) in [7, 11) is 0. The van der Waals surface area contributed by atoms with E-state index in [4.69, 9.17) is 4.42 Å². The standard InChI is InChI=1S/C19H16FNO2/c20-17-9-4-6-15(12-17)13-21(14-18-10-5-11-23-18)19(22)16-7-2-1-3-8-16/h1-12H,13-14H2. The number of amides is 1. The SMILES string of the molecule is O=C(c1ccccc1)N(Cc1cccc(F)c1)Cc1ccco1. The van der Waals surface area contributed by atoms with E-state index >= 15 is 0 Å². The van der Waals surface area contributed by atoms with Gasteiger partial charge >= 0.3 is 0 Å². The van der Waals surface area contributed by atoms with Crippen LogP contribution in [0.1, 0.15) is 21.7 Å². The molecule has 116 valence electrons. The number of furan rings is 1. The lowest BCUT2D eigenvalue weighted by Gasteiger charge is -2.22. The van der Waals surface area contributed by atoms with Crippen molar-refractivity contribution in [1.82, 2.24) is 4.90 Å². The van der Waals surface area contributed by atoms with Gasteiger partial charge in [0, 0.05) is 12.1 Å². The van der Waals surface area contributed by atoms with Crippen molar-refractivity contribution in [3.8, 4) is 0 Å². The van der Waals surface area contributed by atoms with Crippen LogP contribution in [0.4, 0.5) is 4.39 Å². The van der Waals surface area contributed by atoms with Crippen molar-refractivity contribution in [1.29, 1.82) is 0 Å². The van der Waals surface area contributed by atoms with Crippen molar-refractivity contribution < 1.29 is 13.6 Å². The van der Waals surface area contributed by atoms with E-state index in [2.05, 4.69) is 0 Å². The predicted octanol–water partition coefficient (Wildman–Crippen LogP) is 4.26. The Labute approximate surface area is 134 Å². The lowest BCUT2D eigenvalue weighted by atomic mass is 10.1. The highest BCUT2D eigenvalue weighted by molar-refractivity contribution is 5.94. The van der Waals surface area contributed by atoms with Gasteiger partial charge in [0.15, 0.2) is 0 Å². The fraction of sp³-hybridized carbons (Fsp3) is 0.105. The summed E-state index contributed by atoms with van der Waals surface area (Å²) in [4.78, 5) is 14.4. The molecule has 0 aliphatic carbocycles. The molecule has 2 aromatic carbocycles. The zero-order valence-electron chi connectivity index (χ0n) is 12.5. The Kier molecular flexibility index (Phi) is 4.52. The number of nitrogens with zero attached hydrogens (tertiary/aromatic N) is 1. The second-order valence-corrected chi connectivity index (χ2v) is 5.24. The van der Waals surface area contributed by atoms with E-state index in [0.717, 1.165) is 5.56 Å². The summed E-state index contributed by atoms with van der Waals surface area (Å²) in [6.45, 7) is 0.642. The summed E-state index contributed by atoms with van der Waals surface area (Å²) >= 11 is 0. The van der Waals surface area contributed by atoms with Crippen LogP contribution in [0, 0.1) is 5.82 Å². The van der Waals surface area contributed by atoms with E-state index in [1.54, 1.807) is 41.5 Å². The van der Waals surface area contributed by atoms with Gasteiger partial charge in [0.2, 0.25) is 0 Å². The maximum Gasteiger partial charge on any atom is 0.254 e. The number of hydrogen-bond acceptors (Lipinski definition) is 2. The maximum atomic E-state index is 13.4. The summed E-state index contributed by atoms with van der Waals surface area (Å²) < 4.78 is 18.7. The summed E-state index contributed by atoms with van der Waals surface area (Å²) in [5.74, 6) is 0.254. The number of hydrogen-bond donors (Lipinski definition) is 0.